The molecule has 0 saturated heterocycles. The molecule has 0 unspecified atom stereocenters. The molecule has 1 nitrogen and oxygen atoms in total. The van der Waals surface area contributed by atoms with Crippen LogP contribution in [-0.2, 0) is 0 Å². The number of rotatable bonds is 3. The maximum atomic E-state index is 4.34. The second-order valence-corrected chi connectivity index (χ2v) is 1.91. The molecule has 0 aromatic rings. The lowest BCUT2D eigenvalue weighted by molar-refractivity contribution is 1.49. The molecule has 3 heteroatoms. The lowest BCUT2D eigenvalue weighted by Gasteiger charge is -1.86. The zero-order valence-electron chi connectivity index (χ0n) is 3.52. The topological polar surface area (TPSA) is 12.0 Å². The first kappa shape index (κ1) is 6.24. The van der Waals surface area contributed by atoms with E-state index in [2.05, 4.69) is 22.4 Å². The van der Waals surface area contributed by atoms with E-state index in [1.165, 1.54) is 0 Å². The average molecular weight is 120 g/mol. The molecule has 0 saturated carbocycles. The monoisotopic (exact) mass is 120 g/mol. The van der Waals surface area contributed by atoms with Crippen molar-refractivity contribution < 1.29 is 0 Å². The first-order valence-corrected chi connectivity index (χ1v) is 3.05. The van der Waals surface area contributed by atoms with Gasteiger partial charge in [0.25, 0.3) is 0 Å². The Morgan fingerprint density at radius 3 is 2.83 bits per heavy atom. The van der Waals surface area contributed by atoms with Gasteiger partial charge >= 0.3 is 0 Å². The van der Waals surface area contributed by atoms with Crippen molar-refractivity contribution in [3.05, 3.63) is 0 Å². The van der Waals surface area contributed by atoms with Gasteiger partial charge in [0.2, 0.25) is 0 Å². The largest absolute Gasteiger partial charge is 0.318 e. The quantitative estimate of drug-likeness (QED) is 0.259. The lowest BCUT2D eigenvalue weighted by atomic mass is 11.0. The van der Waals surface area contributed by atoms with Crippen LogP contribution < -0.4 is 4.72 Å². The molecule has 0 amide bonds. The first-order valence-electron chi connectivity index (χ1n) is 1.65. The molecule has 0 aliphatic rings. The Bertz CT molecular complexity index is 37.8. The van der Waals surface area contributed by atoms with Crippen LogP contribution in [0.5, 0.6) is 0 Å². The summed E-state index contributed by atoms with van der Waals surface area (Å²) < 4.78 is 2.68. The molecule has 1 radical (unpaired) electrons. The zero-order chi connectivity index (χ0) is 4.83. The van der Waals surface area contributed by atoms with Gasteiger partial charge in [-0.25, -0.2) is 0 Å². The fourth-order valence-electron chi connectivity index (χ4n) is 0.102. The highest BCUT2D eigenvalue weighted by molar-refractivity contribution is 7.98. The van der Waals surface area contributed by atoms with Crippen LogP contribution in [0.3, 0.4) is 0 Å². The fraction of sp³-hybridized carbons (Fsp3) is 0.667. The van der Waals surface area contributed by atoms with Crippen molar-refractivity contribution in [3.8, 4) is 0 Å². The van der Waals surface area contributed by atoms with Crippen molar-refractivity contribution in [2.75, 3.05) is 5.75 Å². The van der Waals surface area contributed by atoms with Gasteiger partial charge in [0, 0.05) is 5.75 Å². The van der Waals surface area contributed by atoms with Crippen LogP contribution in [-0.4, -0.2) is 11.2 Å². The van der Waals surface area contributed by atoms with E-state index in [4.69, 9.17) is 0 Å². The van der Waals surface area contributed by atoms with Gasteiger partial charge in [-0.1, -0.05) is 31.1 Å². The molecule has 0 bridgehead atoms. The van der Waals surface area contributed by atoms with Crippen LogP contribution in [0.2, 0.25) is 0 Å². The van der Waals surface area contributed by atoms with Crippen LogP contribution in [0.25, 0.3) is 0 Å². The molecule has 0 aromatic heterocycles. The van der Waals surface area contributed by atoms with Gasteiger partial charge in [-0.05, 0) is 0 Å². The van der Waals surface area contributed by atoms with E-state index >= 15 is 0 Å². The van der Waals surface area contributed by atoms with Crippen molar-refractivity contribution in [2.24, 2.45) is 0 Å². The predicted octanol–water partition coefficient (Wildman–Crippen LogP) is 1.08. The van der Waals surface area contributed by atoms with Crippen molar-refractivity contribution in [1.82, 2.24) is 4.72 Å². The lowest BCUT2D eigenvalue weighted by Crippen LogP contribution is -1.94. The SMILES string of the molecule is CCSN[C]=S. The summed E-state index contributed by atoms with van der Waals surface area (Å²) in [5.74, 6) is 1.03. The third-order valence-electron chi connectivity index (χ3n) is 0.258. The summed E-state index contributed by atoms with van der Waals surface area (Å²) >= 11 is 5.88. The number of hydrogen-bond acceptors (Lipinski definition) is 2. The summed E-state index contributed by atoms with van der Waals surface area (Å²) in [6.45, 7) is 2.05. The second kappa shape index (κ2) is 5.24. The zero-order valence-corrected chi connectivity index (χ0v) is 5.16. The summed E-state index contributed by atoms with van der Waals surface area (Å²) in [5, 5.41) is 0. The van der Waals surface area contributed by atoms with Crippen LogP contribution in [0, 0.1) is 0 Å². The molecular weight excluding hydrogens is 114 g/mol. The van der Waals surface area contributed by atoms with Gasteiger partial charge in [-0.15, -0.1) is 0 Å². The van der Waals surface area contributed by atoms with Crippen LogP contribution in [0.15, 0.2) is 0 Å². The highest BCUT2D eigenvalue weighted by atomic mass is 32.2. The minimum Gasteiger partial charge on any atom is -0.318 e. The molecule has 35 valence electrons. The molecule has 0 atom stereocenters. The molecule has 0 aromatic carbocycles. The molecule has 0 rings (SSSR count). The molecule has 0 aliphatic heterocycles. The van der Waals surface area contributed by atoms with E-state index in [-0.39, 0.29) is 0 Å². The van der Waals surface area contributed by atoms with E-state index in [1.807, 2.05) is 6.92 Å². The van der Waals surface area contributed by atoms with Gasteiger partial charge in [0.1, 0.15) is 5.49 Å². The second-order valence-electron chi connectivity index (χ2n) is 0.637. The van der Waals surface area contributed by atoms with Crippen LogP contribution in [0.4, 0.5) is 0 Å². The Labute approximate surface area is 47.6 Å². The van der Waals surface area contributed by atoms with Crippen molar-refractivity contribution in [3.63, 3.8) is 0 Å². The Balaban J connectivity index is 2.49. The van der Waals surface area contributed by atoms with Crippen LogP contribution in [0.1, 0.15) is 6.92 Å². The Kier molecular flexibility index (Phi) is 5.45. The third kappa shape index (κ3) is 4.24. The molecule has 0 heterocycles. The average Bonchev–Trinajstić information content (AvgIpc) is 1.61. The van der Waals surface area contributed by atoms with Crippen molar-refractivity contribution in [2.45, 2.75) is 6.92 Å². The van der Waals surface area contributed by atoms with Gasteiger partial charge in [0.15, 0.2) is 0 Å². The maximum absolute atomic E-state index is 4.34. The highest BCUT2D eigenvalue weighted by Gasteiger charge is 1.69. The maximum Gasteiger partial charge on any atom is 0.144 e. The van der Waals surface area contributed by atoms with E-state index < -0.39 is 0 Å². The van der Waals surface area contributed by atoms with Gasteiger partial charge in [-0.3, -0.25) is 0 Å². The molecule has 1 N–H and O–H groups in total. The van der Waals surface area contributed by atoms with E-state index in [9.17, 15) is 0 Å². The number of nitrogens with one attached hydrogen (secondary N) is 1. The minimum absolute atomic E-state index is 1.03. The van der Waals surface area contributed by atoms with Gasteiger partial charge in [-0.2, -0.15) is 0 Å². The smallest absolute Gasteiger partial charge is 0.144 e. The standard InChI is InChI=1S/C3H6NS2/c1-2-6-4-3-5/h2H2,1H3,(H,4,5). The van der Waals surface area contributed by atoms with E-state index in [0.29, 0.717) is 0 Å². The van der Waals surface area contributed by atoms with Gasteiger partial charge in [0.05, 0.1) is 0 Å². The molecule has 0 aliphatic carbocycles. The minimum atomic E-state index is 1.03. The van der Waals surface area contributed by atoms with Crippen LogP contribution >= 0.6 is 24.2 Å². The molecule has 0 spiro atoms. The third-order valence-corrected chi connectivity index (χ3v) is 1.02. The van der Waals surface area contributed by atoms with Crippen molar-refractivity contribution in [1.29, 1.82) is 0 Å². The van der Waals surface area contributed by atoms with Gasteiger partial charge < -0.3 is 4.72 Å². The van der Waals surface area contributed by atoms with Crippen molar-refractivity contribution >= 4 is 29.7 Å². The summed E-state index contributed by atoms with van der Waals surface area (Å²) in [5.41, 5.74) is 2.36. The summed E-state index contributed by atoms with van der Waals surface area (Å²) in [6.07, 6.45) is 0. The summed E-state index contributed by atoms with van der Waals surface area (Å²) in [7, 11) is 0. The molecule has 0 fully saturated rings. The summed E-state index contributed by atoms with van der Waals surface area (Å²) in [4.78, 5) is 0. The Hall–Kier alpha value is 0.240. The fourth-order valence-corrected chi connectivity index (χ4v) is 0.482. The molecular formula is C3H6NS2. The number of hydrogen-bond donors (Lipinski definition) is 1. The Morgan fingerprint density at radius 2 is 2.67 bits per heavy atom. The Morgan fingerprint density at radius 1 is 2.00 bits per heavy atom. The molecule has 6 heavy (non-hydrogen) atoms. The normalized spacial score (nSPS) is 7.50. The first-order chi connectivity index (χ1) is 2.91. The van der Waals surface area contributed by atoms with E-state index in [0.717, 1.165) is 5.75 Å². The predicted molar refractivity (Wildman–Crippen MR) is 33.9 cm³/mol. The van der Waals surface area contributed by atoms with E-state index in [1.54, 1.807) is 11.9 Å². The number of thiocarbonyl (C=S) groups is 1. The highest BCUT2D eigenvalue weighted by Crippen LogP contribution is 1.85. The summed E-state index contributed by atoms with van der Waals surface area (Å²) in [6, 6.07) is 0.